The minimum absolute atomic E-state index is 0.0454. The van der Waals surface area contributed by atoms with Crippen LogP contribution in [0.4, 0.5) is 0 Å². The van der Waals surface area contributed by atoms with Crippen molar-refractivity contribution in [2.75, 3.05) is 19.5 Å². The van der Waals surface area contributed by atoms with E-state index in [1.54, 1.807) is 0 Å². The normalized spacial score (nSPS) is 45.5. The zero-order chi connectivity index (χ0) is 20.3. The topological polar surface area (TPSA) is 167 Å². The molecular formula is C15H27NO10S. The maximum absolute atomic E-state index is 11.5. The fourth-order valence-electron chi connectivity index (χ4n) is 3.15. The predicted octanol–water partition coefficient (Wildman–Crippen LogP) is -3.66. The number of hydrogen-bond donors (Lipinski definition) is 7. The van der Waals surface area contributed by atoms with Crippen molar-refractivity contribution in [1.29, 1.82) is 0 Å². The van der Waals surface area contributed by atoms with E-state index in [0.717, 1.165) is 0 Å². The second-order valence-electron chi connectivity index (χ2n) is 6.48. The number of ether oxygens (including phenoxy) is 4. The molecule has 2 saturated heterocycles. The Labute approximate surface area is 161 Å². The van der Waals surface area contributed by atoms with Gasteiger partial charge in [-0.15, -0.1) is 0 Å². The van der Waals surface area contributed by atoms with Crippen molar-refractivity contribution in [3.63, 3.8) is 0 Å². The number of aliphatic hydroxyl groups excluding tert-OH is 5. The monoisotopic (exact) mass is 413 g/mol. The van der Waals surface area contributed by atoms with Crippen LogP contribution in [0.25, 0.3) is 0 Å². The molecule has 27 heavy (non-hydrogen) atoms. The summed E-state index contributed by atoms with van der Waals surface area (Å²) >= 11 is 4.05. The summed E-state index contributed by atoms with van der Waals surface area (Å²) in [5.41, 5.74) is 0. The molecular weight excluding hydrogens is 386 g/mol. The SMILES string of the molecule is CO[C@@H]1O[C@H](CO)[C@H](O)[C@H](O[C@@H]2O[C@H](CS)[C@@H](O)[C@H](O)[C@H]2NC(C)=O)[C@H]1O. The largest absolute Gasteiger partial charge is 0.394 e. The summed E-state index contributed by atoms with van der Waals surface area (Å²) < 4.78 is 21.5. The number of methoxy groups -OCH3 is 1. The van der Waals surface area contributed by atoms with Gasteiger partial charge in [-0.1, -0.05) is 0 Å². The number of amides is 1. The van der Waals surface area contributed by atoms with Crippen LogP contribution in [-0.2, 0) is 23.7 Å². The van der Waals surface area contributed by atoms with Crippen LogP contribution in [-0.4, -0.2) is 112 Å². The van der Waals surface area contributed by atoms with Gasteiger partial charge in [0.2, 0.25) is 5.91 Å². The van der Waals surface area contributed by atoms with E-state index >= 15 is 0 Å². The van der Waals surface area contributed by atoms with Gasteiger partial charge in [-0.2, -0.15) is 12.6 Å². The lowest BCUT2D eigenvalue weighted by molar-refractivity contribution is -0.342. The summed E-state index contributed by atoms with van der Waals surface area (Å²) in [7, 11) is 1.27. The Morgan fingerprint density at radius 3 is 2.19 bits per heavy atom. The van der Waals surface area contributed by atoms with Crippen molar-refractivity contribution < 1.29 is 49.3 Å². The lowest BCUT2D eigenvalue weighted by Crippen LogP contribution is -2.67. The molecule has 1 amide bonds. The van der Waals surface area contributed by atoms with E-state index < -0.39 is 73.9 Å². The van der Waals surface area contributed by atoms with Crippen LogP contribution >= 0.6 is 12.6 Å². The molecule has 2 heterocycles. The average Bonchev–Trinajstić information content (AvgIpc) is 2.64. The van der Waals surface area contributed by atoms with Gasteiger partial charge in [-0.3, -0.25) is 4.79 Å². The molecule has 2 aliphatic rings. The van der Waals surface area contributed by atoms with Crippen LogP contribution in [0, 0.1) is 0 Å². The number of aliphatic hydroxyl groups is 5. The molecule has 0 saturated carbocycles. The molecule has 10 atom stereocenters. The maximum atomic E-state index is 11.5. The zero-order valence-corrected chi connectivity index (χ0v) is 15.8. The Bertz CT molecular complexity index is 483. The molecule has 0 aromatic carbocycles. The lowest BCUT2D eigenvalue weighted by Gasteiger charge is -2.47. The zero-order valence-electron chi connectivity index (χ0n) is 14.9. The molecule has 0 aliphatic carbocycles. The molecule has 6 N–H and O–H groups in total. The van der Waals surface area contributed by atoms with Gasteiger partial charge >= 0.3 is 0 Å². The fourth-order valence-corrected chi connectivity index (χ4v) is 3.45. The fraction of sp³-hybridized carbons (Fsp3) is 0.933. The predicted molar refractivity (Wildman–Crippen MR) is 91.8 cm³/mol. The maximum Gasteiger partial charge on any atom is 0.217 e. The highest BCUT2D eigenvalue weighted by molar-refractivity contribution is 7.80. The minimum Gasteiger partial charge on any atom is -0.394 e. The smallest absolute Gasteiger partial charge is 0.217 e. The first-order valence-electron chi connectivity index (χ1n) is 8.45. The third-order valence-corrected chi connectivity index (χ3v) is 4.96. The number of hydrogen-bond acceptors (Lipinski definition) is 11. The summed E-state index contributed by atoms with van der Waals surface area (Å²) in [6, 6.07) is -1.18. The van der Waals surface area contributed by atoms with E-state index in [9.17, 15) is 30.3 Å². The highest BCUT2D eigenvalue weighted by Gasteiger charge is 2.51. The van der Waals surface area contributed by atoms with Crippen molar-refractivity contribution >= 4 is 18.5 Å². The summed E-state index contributed by atoms with van der Waals surface area (Å²) in [4.78, 5) is 11.5. The number of thiol groups is 1. The minimum atomic E-state index is -1.45. The standard InChI is InChI=1S/C15H27NO10S/c1-5(18)16-8-11(21)9(19)7(4-27)25-14(8)26-13-10(20)6(3-17)24-15(23-2)12(13)22/h6-15,17,19-22,27H,3-4H2,1-2H3,(H,16,18)/t6-,7-,8-,9-,10+,11-,12-,13+,14+,15-/m1/s1. The van der Waals surface area contributed by atoms with Crippen LogP contribution < -0.4 is 5.32 Å². The van der Waals surface area contributed by atoms with Gasteiger partial charge < -0.3 is 49.8 Å². The molecule has 2 rings (SSSR count). The van der Waals surface area contributed by atoms with Crippen LogP contribution in [0.5, 0.6) is 0 Å². The molecule has 2 fully saturated rings. The molecule has 0 bridgehead atoms. The molecule has 0 spiro atoms. The third kappa shape index (κ3) is 4.90. The Morgan fingerprint density at radius 1 is 1.04 bits per heavy atom. The number of rotatable bonds is 6. The third-order valence-electron chi connectivity index (χ3n) is 4.60. The van der Waals surface area contributed by atoms with Crippen molar-refractivity contribution in [3.05, 3.63) is 0 Å². The molecule has 0 unspecified atom stereocenters. The van der Waals surface area contributed by atoms with Gasteiger partial charge in [0.25, 0.3) is 0 Å². The van der Waals surface area contributed by atoms with E-state index in [1.807, 2.05) is 0 Å². The summed E-state index contributed by atoms with van der Waals surface area (Å²) in [6.45, 7) is 0.649. The van der Waals surface area contributed by atoms with Crippen LogP contribution in [0.15, 0.2) is 0 Å². The molecule has 12 heteroatoms. The second-order valence-corrected chi connectivity index (χ2v) is 6.84. The molecule has 158 valence electrons. The van der Waals surface area contributed by atoms with Gasteiger partial charge in [0.1, 0.15) is 42.7 Å². The van der Waals surface area contributed by atoms with Crippen molar-refractivity contribution in [3.8, 4) is 0 Å². The first-order valence-corrected chi connectivity index (χ1v) is 9.08. The van der Waals surface area contributed by atoms with Gasteiger partial charge in [0, 0.05) is 19.8 Å². The van der Waals surface area contributed by atoms with Crippen molar-refractivity contribution in [1.82, 2.24) is 5.32 Å². The van der Waals surface area contributed by atoms with Crippen LogP contribution in [0.1, 0.15) is 6.92 Å². The number of nitrogens with one attached hydrogen (secondary N) is 1. The van der Waals surface area contributed by atoms with E-state index in [4.69, 9.17) is 18.9 Å². The molecule has 2 aliphatic heterocycles. The first-order chi connectivity index (χ1) is 12.7. The highest BCUT2D eigenvalue weighted by Crippen LogP contribution is 2.29. The van der Waals surface area contributed by atoms with Crippen molar-refractivity contribution in [2.45, 2.75) is 68.3 Å². The summed E-state index contributed by atoms with van der Waals surface area (Å²) in [5, 5.41) is 53.0. The number of carbonyl (C=O) groups is 1. The lowest BCUT2D eigenvalue weighted by atomic mass is 9.96. The number of carbonyl (C=O) groups excluding carboxylic acids is 1. The summed E-state index contributed by atoms with van der Waals surface area (Å²) in [6.07, 6.45) is -11.5. The van der Waals surface area contributed by atoms with Crippen molar-refractivity contribution in [2.24, 2.45) is 0 Å². The van der Waals surface area contributed by atoms with Gasteiger partial charge in [0.05, 0.1) is 12.7 Å². The quantitative estimate of drug-likeness (QED) is 0.216. The van der Waals surface area contributed by atoms with Gasteiger partial charge in [-0.25, -0.2) is 0 Å². The molecule has 11 nitrogen and oxygen atoms in total. The molecule has 0 aromatic rings. The molecule has 0 aromatic heterocycles. The Hall–Kier alpha value is -0.540. The van der Waals surface area contributed by atoms with Crippen LogP contribution in [0.2, 0.25) is 0 Å². The summed E-state index contributed by atoms with van der Waals surface area (Å²) in [5.74, 6) is -0.465. The first kappa shape index (κ1) is 22.7. The average molecular weight is 413 g/mol. The Morgan fingerprint density at radius 2 is 1.67 bits per heavy atom. The van der Waals surface area contributed by atoms with E-state index in [1.165, 1.54) is 14.0 Å². The van der Waals surface area contributed by atoms with Gasteiger partial charge in [0.15, 0.2) is 12.6 Å². The highest BCUT2D eigenvalue weighted by atomic mass is 32.1. The van der Waals surface area contributed by atoms with E-state index in [0.29, 0.717) is 0 Å². The van der Waals surface area contributed by atoms with Gasteiger partial charge in [-0.05, 0) is 0 Å². The Balaban J connectivity index is 2.24. The van der Waals surface area contributed by atoms with Crippen LogP contribution in [0.3, 0.4) is 0 Å². The molecule has 0 radical (unpaired) electrons. The second kappa shape index (κ2) is 9.78. The van der Waals surface area contributed by atoms with E-state index in [-0.39, 0.29) is 5.75 Å². The van der Waals surface area contributed by atoms with E-state index in [2.05, 4.69) is 17.9 Å². The Kier molecular flexibility index (Phi) is 8.24.